The molecule has 186 valence electrons. The summed E-state index contributed by atoms with van der Waals surface area (Å²) >= 11 is 1.45. The molecule has 0 unspecified atom stereocenters. The van der Waals surface area contributed by atoms with Gasteiger partial charge >= 0.3 is 5.97 Å². The zero-order valence-corrected chi connectivity index (χ0v) is 20.3. The molecular weight excluding hydrogens is 485 g/mol. The molecule has 0 saturated carbocycles. The highest BCUT2D eigenvalue weighted by molar-refractivity contribution is 7.22. The number of imidazole rings is 1. The van der Waals surface area contributed by atoms with Gasteiger partial charge in [0.05, 0.1) is 15.1 Å². The van der Waals surface area contributed by atoms with Crippen LogP contribution >= 0.6 is 11.3 Å². The van der Waals surface area contributed by atoms with Gasteiger partial charge in [-0.25, -0.2) is 9.37 Å². The number of pyridine rings is 1. The second kappa shape index (κ2) is 10.4. The first-order valence-corrected chi connectivity index (χ1v) is 12.3. The van der Waals surface area contributed by atoms with E-state index >= 15 is 0 Å². The van der Waals surface area contributed by atoms with Crippen molar-refractivity contribution in [3.05, 3.63) is 54.7 Å². The third kappa shape index (κ3) is 5.37. The summed E-state index contributed by atoms with van der Waals surface area (Å²) in [5, 5.41) is 5.71. The van der Waals surface area contributed by atoms with Gasteiger partial charge in [0.2, 0.25) is 5.91 Å². The van der Waals surface area contributed by atoms with Crippen molar-refractivity contribution in [2.75, 3.05) is 18.4 Å². The van der Waals surface area contributed by atoms with Gasteiger partial charge in [-0.3, -0.25) is 14.6 Å². The van der Waals surface area contributed by atoms with E-state index in [0.29, 0.717) is 5.75 Å². The lowest BCUT2D eigenvalue weighted by Crippen LogP contribution is -2.34. The first-order valence-electron chi connectivity index (χ1n) is 11.5. The number of ether oxygens (including phenoxy) is 2. The van der Waals surface area contributed by atoms with E-state index in [0.717, 1.165) is 52.9 Å². The summed E-state index contributed by atoms with van der Waals surface area (Å²) in [5.41, 5.74) is 0.934. The number of hydrogen-bond acceptors (Lipinski definition) is 8. The average Bonchev–Trinajstić information content (AvgIpc) is 3.47. The monoisotopic (exact) mass is 509 g/mol. The third-order valence-corrected chi connectivity index (χ3v) is 6.88. The van der Waals surface area contributed by atoms with Gasteiger partial charge in [-0.05, 0) is 44.1 Å². The Hall–Kier alpha value is -3.83. The largest absolute Gasteiger partial charge is 0.462 e. The predicted molar refractivity (Wildman–Crippen MR) is 134 cm³/mol. The maximum atomic E-state index is 14.8. The van der Waals surface area contributed by atoms with Crippen molar-refractivity contribution < 1.29 is 23.5 Å². The number of carbonyl (C=O) groups excluding carboxylic acids is 2. The van der Waals surface area contributed by atoms with Crippen LogP contribution in [0.4, 0.5) is 10.1 Å². The van der Waals surface area contributed by atoms with Crippen LogP contribution in [0.1, 0.15) is 19.3 Å². The van der Waals surface area contributed by atoms with E-state index in [2.05, 4.69) is 20.6 Å². The summed E-state index contributed by atoms with van der Waals surface area (Å²) in [6, 6.07) is 7.68. The van der Waals surface area contributed by atoms with E-state index in [1.807, 2.05) is 23.9 Å². The zero-order chi connectivity index (χ0) is 25.1. The van der Waals surface area contributed by atoms with Crippen LogP contribution in [0.15, 0.2) is 48.9 Å². The van der Waals surface area contributed by atoms with Gasteiger partial charge in [0, 0.05) is 43.5 Å². The molecule has 36 heavy (non-hydrogen) atoms. The molecule has 1 amide bonds. The number of halogens is 1. The second-order valence-corrected chi connectivity index (χ2v) is 9.46. The summed E-state index contributed by atoms with van der Waals surface area (Å²) in [5.74, 6) is -0.564. The van der Waals surface area contributed by atoms with Crippen LogP contribution in [-0.4, -0.2) is 45.6 Å². The maximum absolute atomic E-state index is 14.8. The fourth-order valence-electron chi connectivity index (χ4n) is 3.97. The van der Waals surface area contributed by atoms with Gasteiger partial charge in [-0.15, -0.1) is 11.3 Å². The minimum absolute atomic E-state index is 0.00208. The van der Waals surface area contributed by atoms with Crippen molar-refractivity contribution in [2.24, 2.45) is 7.05 Å². The van der Waals surface area contributed by atoms with Gasteiger partial charge in [0.15, 0.2) is 11.6 Å². The van der Waals surface area contributed by atoms with E-state index in [1.54, 1.807) is 18.5 Å². The van der Waals surface area contributed by atoms with Crippen molar-refractivity contribution in [3.8, 4) is 22.2 Å². The van der Waals surface area contributed by atoms with Gasteiger partial charge in [-0.1, -0.05) is 0 Å². The molecule has 9 nitrogen and oxygen atoms in total. The Balaban J connectivity index is 1.25. The minimum Gasteiger partial charge on any atom is -0.462 e. The number of anilines is 1. The summed E-state index contributed by atoms with van der Waals surface area (Å²) in [7, 11) is 1.91. The standard InChI is InChI=1S/C25H24FN5O4S/c1-31-11-10-29-25(31)21-13-18-24(36-21)20(6-9-28-18)35-19-3-2-15(12-17(19)26)30-22(32)14-23(33)34-16-4-7-27-8-5-16/h2-3,6,9-13,16,27H,4-5,7-8,14H2,1H3,(H,30,32). The highest BCUT2D eigenvalue weighted by atomic mass is 32.1. The van der Waals surface area contributed by atoms with E-state index in [4.69, 9.17) is 9.47 Å². The first kappa shape index (κ1) is 23.9. The lowest BCUT2D eigenvalue weighted by atomic mass is 10.1. The molecule has 4 heterocycles. The molecule has 0 aliphatic carbocycles. The third-order valence-electron chi connectivity index (χ3n) is 5.74. The summed E-state index contributed by atoms with van der Waals surface area (Å²) in [6.45, 7) is 1.56. The molecule has 5 rings (SSSR count). The Morgan fingerprint density at radius 1 is 1.17 bits per heavy atom. The lowest BCUT2D eigenvalue weighted by Gasteiger charge is -2.22. The number of nitrogens with zero attached hydrogens (tertiary/aromatic N) is 3. The molecule has 1 fully saturated rings. The van der Waals surface area contributed by atoms with Crippen LogP contribution in [0.5, 0.6) is 11.5 Å². The molecule has 1 saturated heterocycles. The number of aromatic nitrogens is 3. The van der Waals surface area contributed by atoms with Gasteiger partial charge in [-0.2, -0.15) is 0 Å². The Labute approximate surface area is 210 Å². The second-order valence-electron chi connectivity index (χ2n) is 8.41. The number of thiophene rings is 1. The number of carbonyl (C=O) groups is 2. The minimum atomic E-state index is -0.657. The Kier molecular flexibility index (Phi) is 6.92. The predicted octanol–water partition coefficient (Wildman–Crippen LogP) is 4.25. The molecular formula is C25H24FN5O4S. The number of esters is 1. The summed E-state index contributed by atoms with van der Waals surface area (Å²) in [6.07, 6.45) is 6.01. The van der Waals surface area contributed by atoms with E-state index < -0.39 is 24.1 Å². The van der Waals surface area contributed by atoms with Gasteiger partial charge in [0.25, 0.3) is 0 Å². The van der Waals surface area contributed by atoms with Crippen LogP contribution in [0.2, 0.25) is 0 Å². The van der Waals surface area contributed by atoms with E-state index in [-0.39, 0.29) is 17.5 Å². The van der Waals surface area contributed by atoms with Crippen LogP contribution in [0.25, 0.3) is 20.9 Å². The van der Waals surface area contributed by atoms with Crippen LogP contribution in [-0.2, 0) is 21.4 Å². The SMILES string of the molecule is Cn1ccnc1-c1cc2nccc(Oc3ccc(NC(=O)CC(=O)OC4CCNCC4)cc3F)c2s1. The van der Waals surface area contributed by atoms with Crippen molar-refractivity contribution in [1.29, 1.82) is 0 Å². The number of piperidine rings is 1. The van der Waals surface area contributed by atoms with Crippen molar-refractivity contribution >= 4 is 39.1 Å². The van der Waals surface area contributed by atoms with E-state index in [1.165, 1.54) is 23.5 Å². The number of aryl methyl sites for hydroxylation is 1. The fraction of sp³-hybridized carbons (Fsp3) is 0.280. The number of fused-ring (bicyclic) bond motifs is 1. The quantitative estimate of drug-likeness (QED) is 0.283. The molecule has 0 bridgehead atoms. The smallest absolute Gasteiger partial charge is 0.315 e. The first-order chi connectivity index (χ1) is 17.5. The topological polar surface area (TPSA) is 107 Å². The van der Waals surface area contributed by atoms with Crippen LogP contribution in [0.3, 0.4) is 0 Å². The van der Waals surface area contributed by atoms with Crippen LogP contribution in [0, 0.1) is 5.82 Å². The summed E-state index contributed by atoms with van der Waals surface area (Å²) in [4.78, 5) is 33.9. The molecule has 0 radical (unpaired) electrons. The molecule has 2 N–H and O–H groups in total. The Bertz CT molecular complexity index is 1410. The highest BCUT2D eigenvalue weighted by Crippen LogP contribution is 2.39. The van der Waals surface area contributed by atoms with E-state index in [9.17, 15) is 14.0 Å². The van der Waals surface area contributed by atoms with Crippen molar-refractivity contribution in [3.63, 3.8) is 0 Å². The maximum Gasteiger partial charge on any atom is 0.315 e. The number of rotatable bonds is 7. The fourth-order valence-corrected chi connectivity index (χ4v) is 5.07. The average molecular weight is 510 g/mol. The molecule has 1 aliphatic heterocycles. The van der Waals surface area contributed by atoms with Crippen LogP contribution < -0.4 is 15.4 Å². The lowest BCUT2D eigenvalue weighted by molar-refractivity contribution is -0.151. The molecule has 11 heteroatoms. The Morgan fingerprint density at radius 3 is 2.75 bits per heavy atom. The van der Waals surface area contributed by atoms with Gasteiger partial charge < -0.3 is 24.7 Å². The number of benzene rings is 1. The van der Waals surface area contributed by atoms with Crippen molar-refractivity contribution in [2.45, 2.75) is 25.4 Å². The normalized spacial score (nSPS) is 14.1. The van der Waals surface area contributed by atoms with Gasteiger partial charge in [0.1, 0.15) is 24.1 Å². The molecule has 3 aromatic heterocycles. The Morgan fingerprint density at radius 2 is 2.00 bits per heavy atom. The molecule has 0 spiro atoms. The molecule has 4 aromatic rings. The number of amides is 1. The molecule has 1 aliphatic rings. The molecule has 0 atom stereocenters. The van der Waals surface area contributed by atoms with Crippen molar-refractivity contribution in [1.82, 2.24) is 19.9 Å². The summed E-state index contributed by atoms with van der Waals surface area (Å²) < 4.78 is 28.7. The number of hydrogen-bond donors (Lipinski definition) is 2. The zero-order valence-electron chi connectivity index (χ0n) is 19.5. The number of nitrogens with one attached hydrogen (secondary N) is 2. The highest BCUT2D eigenvalue weighted by Gasteiger charge is 2.20. The molecule has 1 aromatic carbocycles.